The standard InChI is InChI=1S/C25H26N2O3/c1-3-24(20-10-14-22(29-2)15-11-20)27-25(28)16-9-19-7-12-23(13-8-19)30-18-21-6-4-5-17-26-21/h4-17,24H,3,18H2,1-2H3,(H,27,28)/b16-9+. The molecular formula is C25H26N2O3. The SMILES string of the molecule is CCC(NC(=O)/C=C/c1ccc(OCc2ccccn2)cc1)c1ccc(OC)cc1. The first kappa shape index (κ1) is 21.1. The number of hydrogen-bond donors (Lipinski definition) is 1. The minimum atomic E-state index is -0.131. The number of nitrogens with one attached hydrogen (secondary N) is 1. The molecule has 0 saturated heterocycles. The number of carbonyl (C=O) groups excluding carboxylic acids is 1. The van der Waals surface area contributed by atoms with Crippen LogP contribution in [0.4, 0.5) is 0 Å². The largest absolute Gasteiger partial charge is 0.497 e. The van der Waals surface area contributed by atoms with Crippen LogP contribution >= 0.6 is 0 Å². The first-order valence-electron chi connectivity index (χ1n) is 9.93. The molecule has 2 aromatic carbocycles. The van der Waals surface area contributed by atoms with E-state index in [-0.39, 0.29) is 11.9 Å². The molecule has 0 aliphatic heterocycles. The lowest BCUT2D eigenvalue weighted by Gasteiger charge is -2.16. The molecule has 30 heavy (non-hydrogen) atoms. The predicted molar refractivity (Wildman–Crippen MR) is 118 cm³/mol. The van der Waals surface area contributed by atoms with Crippen LogP contribution in [0.5, 0.6) is 11.5 Å². The average molecular weight is 402 g/mol. The molecule has 1 heterocycles. The zero-order valence-electron chi connectivity index (χ0n) is 17.2. The maximum absolute atomic E-state index is 12.4. The molecule has 1 amide bonds. The van der Waals surface area contributed by atoms with Crippen LogP contribution in [0.1, 0.15) is 36.2 Å². The van der Waals surface area contributed by atoms with E-state index in [0.29, 0.717) is 6.61 Å². The Morgan fingerprint density at radius 2 is 1.77 bits per heavy atom. The Balaban J connectivity index is 1.53. The van der Waals surface area contributed by atoms with Gasteiger partial charge in [0.05, 0.1) is 18.8 Å². The molecule has 0 bridgehead atoms. The van der Waals surface area contributed by atoms with Crippen molar-refractivity contribution in [2.45, 2.75) is 26.0 Å². The normalized spacial score (nSPS) is 11.8. The van der Waals surface area contributed by atoms with E-state index in [4.69, 9.17) is 9.47 Å². The Kier molecular flexibility index (Phi) is 7.61. The van der Waals surface area contributed by atoms with Crippen molar-refractivity contribution in [1.82, 2.24) is 10.3 Å². The number of ether oxygens (including phenoxy) is 2. The molecule has 5 nitrogen and oxygen atoms in total. The van der Waals surface area contributed by atoms with Crippen molar-refractivity contribution in [3.05, 3.63) is 95.8 Å². The van der Waals surface area contributed by atoms with Gasteiger partial charge in [0.2, 0.25) is 5.91 Å². The number of rotatable bonds is 9. The molecule has 1 atom stereocenters. The van der Waals surface area contributed by atoms with Crippen LogP contribution in [0.3, 0.4) is 0 Å². The number of amides is 1. The highest BCUT2D eigenvalue weighted by molar-refractivity contribution is 5.92. The van der Waals surface area contributed by atoms with Crippen molar-refractivity contribution in [3.63, 3.8) is 0 Å². The van der Waals surface area contributed by atoms with Crippen LogP contribution in [0.15, 0.2) is 79.0 Å². The van der Waals surface area contributed by atoms with Gasteiger partial charge in [0.1, 0.15) is 18.1 Å². The second kappa shape index (κ2) is 10.8. The van der Waals surface area contributed by atoms with E-state index in [1.165, 1.54) is 0 Å². The van der Waals surface area contributed by atoms with Gasteiger partial charge in [0.25, 0.3) is 0 Å². The maximum Gasteiger partial charge on any atom is 0.244 e. The van der Waals surface area contributed by atoms with Gasteiger partial charge in [0, 0.05) is 12.3 Å². The first-order valence-corrected chi connectivity index (χ1v) is 9.93. The molecule has 5 heteroatoms. The van der Waals surface area contributed by atoms with Crippen LogP contribution in [-0.2, 0) is 11.4 Å². The van der Waals surface area contributed by atoms with Gasteiger partial charge >= 0.3 is 0 Å². The van der Waals surface area contributed by atoms with Crippen molar-refractivity contribution in [1.29, 1.82) is 0 Å². The fraction of sp³-hybridized carbons (Fsp3) is 0.200. The van der Waals surface area contributed by atoms with Crippen molar-refractivity contribution in [3.8, 4) is 11.5 Å². The molecule has 0 spiro atoms. The molecule has 0 fully saturated rings. The van der Waals surface area contributed by atoms with Crippen LogP contribution < -0.4 is 14.8 Å². The minimum absolute atomic E-state index is 0.0459. The van der Waals surface area contributed by atoms with Crippen molar-refractivity contribution in [2.24, 2.45) is 0 Å². The minimum Gasteiger partial charge on any atom is -0.497 e. The molecule has 0 saturated carbocycles. The number of carbonyl (C=O) groups is 1. The Bertz CT molecular complexity index is 952. The molecule has 3 rings (SSSR count). The number of methoxy groups -OCH3 is 1. The van der Waals surface area contributed by atoms with Gasteiger partial charge in [0.15, 0.2) is 0 Å². The van der Waals surface area contributed by atoms with Gasteiger partial charge in [-0.3, -0.25) is 9.78 Å². The lowest BCUT2D eigenvalue weighted by molar-refractivity contribution is -0.117. The van der Waals surface area contributed by atoms with Crippen LogP contribution in [0.25, 0.3) is 6.08 Å². The summed E-state index contributed by atoms with van der Waals surface area (Å²) in [5.74, 6) is 1.42. The zero-order valence-corrected chi connectivity index (χ0v) is 17.2. The van der Waals surface area contributed by atoms with Crippen molar-refractivity contribution >= 4 is 12.0 Å². The van der Waals surface area contributed by atoms with Gasteiger partial charge in [-0.05, 0) is 60.0 Å². The monoisotopic (exact) mass is 402 g/mol. The summed E-state index contributed by atoms with van der Waals surface area (Å²) in [6.45, 7) is 2.46. The summed E-state index contributed by atoms with van der Waals surface area (Å²) in [5, 5.41) is 3.04. The number of pyridine rings is 1. The molecule has 1 N–H and O–H groups in total. The number of nitrogens with zero attached hydrogens (tertiary/aromatic N) is 1. The van der Waals surface area contributed by atoms with Gasteiger partial charge in [-0.15, -0.1) is 0 Å². The van der Waals surface area contributed by atoms with E-state index in [1.54, 1.807) is 25.5 Å². The number of aromatic nitrogens is 1. The molecule has 1 unspecified atom stereocenters. The molecule has 154 valence electrons. The van der Waals surface area contributed by atoms with E-state index in [0.717, 1.165) is 34.7 Å². The first-order chi connectivity index (χ1) is 14.7. The Labute approximate surface area is 177 Å². The lowest BCUT2D eigenvalue weighted by atomic mass is 10.0. The smallest absolute Gasteiger partial charge is 0.244 e. The average Bonchev–Trinajstić information content (AvgIpc) is 2.81. The summed E-state index contributed by atoms with van der Waals surface area (Å²) in [5.41, 5.74) is 2.85. The molecule has 1 aromatic heterocycles. The van der Waals surface area contributed by atoms with E-state index in [1.807, 2.05) is 73.7 Å². The highest BCUT2D eigenvalue weighted by Crippen LogP contribution is 2.20. The van der Waals surface area contributed by atoms with E-state index in [9.17, 15) is 4.79 Å². The zero-order chi connectivity index (χ0) is 21.2. The Morgan fingerprint density at radius 3 is 2.40 bits per heavy atom. The fourth-order valence-corrected chi connectivity index (χ4v) is 2.97. The highest BCUT2D eigenvalue weighted by Gasteiger charge is 2.11. The topological polar surface area (TPSA) is 60.5 Å². The molecule has 3 aromatic rings. The third-order valence-corrected chi connectivity index (χ3v) is 4.66. The van der Waals surface area contributed by atoms with Gasteiger partial charge in [-0.25, -0.2) is 0 Å². The molecule has 0 aliphatic rings. The van der Waals surface area contributed by atoms with E-state index < -0.39 is 0 Å². The van der Waals surface area contributed by atoms with Gasteiger partial charge in [-0.1, -0.05) is 37.3 Å². The van der Waals surface area contributed by atoms with Crippen molar-refractivity contribution < 1.29 is 14.3 Å². The molecular weight excluding hydrogens is 376 g/mol. The Morgan fingerprint density at radius 1 is 1.03 bits per heavy atom. The second-order valence-electron chi connectivity index (χ2n) is 6.75. The fourth-order valence-electron chi connectivity index (χ4n) is 2.97. The maximum atomic E-state index is 12.4. The summed E-state index contributed by atoms with van der Waals surface area (Å²) < 4.78 is 10.9. The third-order valence-electron chi connectivity index (χ3n) is 4.66. The summed E-state index contributed by atoms with van der Waals surface area (Å²) >= 11 is 0. The highest BCUT2D eigenvalue weighted by atomic mass is 16.5. The summed E-state index contributed by atoms with van der Waals surface area (Å²) in [4.78, 5) is 16.6. The quantitative estimate of drug-likeness (QED) is 0.515. The third kappa shape index (κ3) is 6.21. The van der Waals surface area contributed by atoms with E-state index in [2.05, 4.69) is 10.3 Å². The predicted octanol–water partition coefficient (Wildman–Crippen LogP) is 4.95. The summed E-state index contributed by atoms with van der Waals surface area (Å²) in [6, 6.07) is 21.0. The van der Waals surface area contributed by atoms with Gasteiger partial charge < -0.3 is 14.8 Å². The summed E-state index contributed by atoms with van der Waals surface area (Å²) in [7, 11) is 1.64. The summed E-state index contributed by atoms with van der Waals surface area (Å²) in [6.07, 6.45) is 5.89. The molecule has 0 radical (unpaired) electrons. The lowest BCUT2D eigenvalue weighted by Crippen LogP contribution is -2.26. The Hall–Kier alpha value is -3.60. The molecule has 0 aliphatic carbocycles. The number of benzene rings is 2. The van der Waals surface area contributed by atoms with E-state index >= 15 is 0 Å². The van der Waals surface area contributed by atoms with Crippen LogP contribution in [0.2, 0.25) is 0 Å². The number of hydrogen-bond acceptors (Lipinski definition) is 4. The van der Waals surface area contributed by atoms with Crippen LogP contribution in [-0.4, -0.2) is 18.0 Å². The van der Waals surface area contributed by atoms with Crippen LogP contribution in [0, 0.1) is 0 Å². The van der Waals surface area contributed by atoms with Gasteiger partial charge in [-0.2, -0.15) is 0 Å². The van der Waals surface area contributed by atoms with Crippen molar-refractivity contribution in [2.75, 3.05) is 7.11 Å². The second-order valence-corrected chi connectivity index (χ2v) is 6.75.